The summed E-state index contributed by atoms with van der Waals surface area (Å²) in [5.41, 5.74) is 2.35. The van der Waals surface area contributed by atoms with Crippen molar-refractivity contribution in [3.8, 4) is 5.75 Å². The molecule has 0 saturated carbocycles. The molecule has 0 aliphatic carbocycles. The SMILES string of the molecule is CCN1CCN(CCCCNC(=NC)NCc2ccc(C)cc2OC2CCOC2)CC1. The Morgan fingerprint density at radius 2 is 1.97 bits per heavy atom. The zero-order valence-corrected chi connectivity index (χ0v) is 19.7. The number of likely N-dealkylation sites (N-methyl/N-ethyl adjacent to an activating group) is 1. The second-order valence-corrected chi connectivity index (χ2v) is 8.55. The van der Waals surface area contributed by atoms with Gasteiger partial charge in [0.2, 0.25) is 0 Å². The Hall–Kier alpha value is -1.83. The lowest BCUT2D eigenvalue weighted by Gasteiger charge is -2.34. The molecule has 1 atom stereocenters. The molecule has 2 aliphatic rings. The van der Waals surface area contributed by atoms with Gasteiger partial charge in [0.25, 0.3) is 0 Å². The molecule has 31 heavy (non-hydrogen) atoms. The number of nitrogens with zero attached hydrogens (tertiary/aromatic N) is 3. The van der Waals surface area contributed by atoms with Crippen LogP contribution < -0.4 is 15.4 Å². The van der Waals surface area contributed by atoms with E-state index in [2.05, 4.69) is 57.5 Å². The Bertz CT molecular complexity index is 683. The summed E-state index contributed by atoms with van der Waals surface area (Å²) in [4.78, 5) is 9.49. The molecule has 0 radical (unpaired) electrons. The maximum absolute atomic E-state index is 6.20. The predicted molar refractivity (Wildman–Crippen MR) is 127 cm³/mol. The highest BCUT2D eigenvalue weighted by molar-refractivity contribution is 5.79. The van der Waals surface area contributed by atoms with Gasteiger partial charge in [0, 0.05) is 58.3 Å². The van der Waals surface area contributed by atoms with Crippen LogP contribution in [0, 0.1) is 6.92 Å². The molecule has 174 valence electrons. The summed E-state index contributed by atoms with van der Waals surface area (Å²) in [6.07, 6.45) is 3.48. The fourth-order valence-corrected chi connectivity index (χ4v) is 4.10. The molecule has 1 aromatic rings. The van der Waals surface area contributed by atoms with E-state index in [1.54, 1.807) is 0 Å². The highest BCUT2D eigenvalue weighted by atomic mass is 16.5. The summed E-state index contributed by atoms with van der Waals surface area (Å²) in [6, 6.07) is 6.39. The van der Waals surface area contributed by atoms with E-state index >= 15 is 0 Å². The van der Waals surface area contributed by atoms with Gasteiger partial charge in [0.15, 0.2) is 5.96 Å². The molecule has 1 aromatic carbocycles. The summed E-state index contributed by atoms with van der Waals surface area (Å²) >= 11 is 0. The Labute approximate surface area is 188 Å². The first-order valence-electron chi connectivity index (χ1n) is 11.9. The van der Waals surface area contributed by atoms with Gasteiger partial charge in [-0.15, -0.1) is 0 Å². The number of rotatable bonds is 10. The Morgan fingerprint density at radius 3 is 2.68 bits per heavy atom. The van der Waals surface area contributed by atoms with E-state index in [9.17, 15) is 0 Å². The van der Waals surface area contributed by atoms with E-state index in [0.29, 0.717) is 13.2 Å². The first kappa shape index (κ1) is 23.8. The molecule has 7 nitrogen and oxygen atoms in total. The van der Waals surface area contributed by atoms with E-state index in [4.69, 9.17) is 9.47 Å². The van der Waals surface area contributed by atoms with Gasteiger partial charge in [-0.25, -0.2) is 0 Å². The number of hydrogen-bond acceptors (Lipinski definition) is 5. The zero-order valence-electron chi connectivity index (χ0n) is 19.7. The molecule has 2 fully saturated rings. The van der Waals surface area contributed by atoms with Crippen molar-refractivity contribution in [1.82, 2.24) is 20.4 Å². The monoisotopic (exact) mass is 431 g/mol. The third kappa shape index (κ3) is 7.98. The number of piperazine rings is 1. The van der Waals surface area contributed by atoms with Crippen LogP contribution in [0.3, 0.4) is 0 Å². The quantitative estimate of drug-likeness (QED) is 0.337. The Morgan fingerprint density at radius 1 is 1.16 bits per heavy atom. The van der Waals surface area contributed by atoms with Gasteiger partial charge in [-0.3, -0.25) is 4.99 Å². The summed E-state index contributed by atoms with van der Waals surface area (Å²) < 4.78 is 11.7. The van der Waals surface area contributed by atoms with Gasteiger partial charge in [-0.1, -0.05) is 19.1 Å². The average Bonchev–Trinajstić information content (AvgIpc) is 3.30. The fourth-order valence-electron chi connectivity index (χ4n) is 4.10. The van der Waals surface area contributed by atoms with Crippen molar-refractivity contribution >= 4 is 5.96 Å². The minimum absolute atomic E-state index is 0.155. The topological polar surface area (TPSA) is 61.4 Å². The van der Waals surface area contributed by atoms with Gasteiger partial charge in [-0.2, -0.15) is 0 Å². The zero-order chi connectivity index (χ0) is 21.9. The fraction of sp³-hybridized carbons (Fsp3) is 0.708. The highest BCUT2D eigenvalue weighted by Gasteiger charge is 2.19. The number of guanidine groups is 1. The van der Waals surface area contributed by atoms with Crippen LogP contribution in [-0.2, 0) is 11.3 Å². The minimum atomic E-state index is 0.155. The van der Waals surface area contributed by atoms with Crippen LogP contribution in [0.4, 0.5) is 0 Å². The summed E-state index contributed by atoms with van der Waals surface area (Å²) in [5, 5.41) is 6.88. The lowest BCUT2D eigenvalue weighted by molar-refractivity contribution is 0.136. The van der Waals surface area contributed by atoms with Crippen LogP contribution >= 0.6 is 0 Å². The van der Waals surface area contributed by atoms with Gasteiger partial charge in [-0.05, 0) is 44.5 Å². The van der Waals surface area contributed by atoms with Crippen LogP contribution in [-0.4, -0.2) is 87.9 Å². The molecule has 2 aliphatic heterocycles. The number of aliphatic imine (C=N–C) groups is 1. The third-order valence-corrected chi connectivity index (χ3v) is 6.18. The lowest BCUT2D eigenvalue weighted by atomic mass is 10.1. The number of unbranched alkanes of at least 4 members (excludes halogenated alkanes) is 1. The molecule has 0 spiro atoms. The van der Waals surface area contributed by atoms with Crippen LogP contribution in [0.2, 0.25) is 0 Å². The summed E-state index contributed by atoms with van der Waals surface area (Å²) in [7, 11) is 1.82. The summed E-state index contributed by atoms with van der Waals surface area (Å²) in [5.74, 6) is 1.79. The number of ether oxygens (including phenoxy) is 2. The van der Waals surface area contributed by atoms with Crippen molar-refractivity contribution in [3.05, 3.63) is 29.3 Å². The lowest BCUT2D eigenvalue weighted by Crippen LogP contribution is -2.46. The second kappa shape index (κ2) is 12.9. The van der Waals surface area contributed by atoms with E-state index in [1.807, 2.05) is 7.05 Å². The molecule has 1 unspecified atom stereocenters. The standard InChI is InChI=1S/C24H41N5O2/c1-4-28-12-14-29(15-13-28)11-6-5-10-26-24(25-3)27-18-21-8-7-20(2)17-23(21)31-22-9-16-30-19-22/h7-8,17,22H,4-6,9-16,18-19H2,1-3H3,(H2,25,26,27). The number of hydrogen-bond donors (Lipinski definition) is 2. The molecule has 2 heterocycles. The van der Waals surface area contributed by atoms with Crippen LogP contribution in [0.5, 0.6) is 5.75 Å². The molecular weight excluding hydrogens is 390 g/mol. The summed E-state index contributed by atoms with van der Waals surface area (Å²) in [6.45, 7) is 14.6. The van der Waals surface area contributed by atoms with Crippen molar-refractivity contribution in [3.63, 3.8) is 0 Å². The largest absolute Gasteiger partial charge is 0.488 e. The maximum atomic E-state index is 6.20. The van der Waals surface area contributed by atoms with Crippen LogP contribution in [0.15, 0.2) is 23.2 Å². The molecule has 3 rings (SSSR count). The van der Waals surface area contributed by atoms with Crippen molar-refractivity contribution in [1.29, 1.82) is 0 Å². The van der Waals surface area contributed by atoms with Crippen molar-refractivity contribution in [2.75, 3.05) is 66.1 Å². The minimum Gasteiger partial charge on any atom is -0.488 e. The first-order chi connectivity index (χ1) is 15.2. The maximum Gasteiger partial charge on any atom is 0.191 e. The molecule has 0 bridgehead atoms. The van der Waals surface area contributed by atoms with E-state index in [-0.39, 0.29) is 6.10 Å². The highest BCUT2D eigenvalue weighted by Crippen LogP contribution is 2.23. The van der Waals surface area contributed by atoms with Gasteiger partial charge >= 0.3 is 0 Å². The molecule has 7 heteroatoms. The first-order valence-corrected chi connectivity index (χ1v) is 11.9. The van der Waals surface area contributed by atoms with E-state index in [1.165, 1.54) is 51.3 Å². The average molecular weight is 432 g/mol. The normalized spacial score (nSPS) is 20.7. The van der Waals surface area contributed by atoms with Crippen LogP contribution in [0.25, 0.3) is 0 Å². The van der Waals surface area contributed by atoms with Crippen LogP contribution in [0.1, 0.15) is 37.3 Å². The second-order valence-electron chi connectivity index (χ2n) is 8.55. The number of benzene rings is 1. The third-order valence-electron chi connectivity index (χ3n) is 6.18. The molecule has 2 N–H and O–H groups in total. The van der Waals surface area contributed by atoms with E-state index < -0.39 is 0 Å². The molecule has 0 amide bonds. The van der Waals surface area contributed by atoms with Gasteiger partial charge in [0.1, 0.15) is 11.9 Å². The van der Waals surface area contributed by atoms with Crippen molar-refractivity contribution in [2.24, 2.45) is 4.99 Å². The number of aryl methyl sites for hydroxylation is 1. The number of nitrogens with one attached hydrogen (secondary N) is 2. The smallest absolute Gasteiger partial charge is 0.191 e. The Kier molecular flexibility index (Phi) is 9.90. The molecule has 0 aromatic heterocycles. The molecular formula is C24H41N5O2. The van der Waals surface area contributed by atoms with Gasteiger partial charge in [0.05, 0.1) is 13.2 Å². The Balaban J connectivity index is 1.36. The van der Waals surface area contributed by atoms with Crippen molar-refractivity contribution < 1.29 is 9.47 Å². The van der Waals surface area contributed by atoms with Crippen molar-refractivity contribution in [2.45, 2.75) is 45.8 Å². The van der Waals surface area contributed by atoms with Gasteiger partial charge < -0.3 is 29.9 Å². The predicted octanol–water partition coefficient (Wildman–Crippen LogP) is 2.25. The molecule has 2 saturated heterocycles. The van der Waals surface area contributed by atoms with E-state index in [0.717, 1.165) is 43.3 Å².